The molecule has 0 radical (unpaired) electrons. The minimum Gasteiger partial charge on any atom is -0.399 e. The Morgan fingerprint density at radius 2 is 1.93 bits per heavy atom. The molecule has 1 aromatic heterocycles. The van der Waals surface area contributed by atoms with Crippen molar-refractivity contribution in [1.82, 2.24) is 10.2 Å². The Balaban J connectivity index is 2.44. The molecule has 0 bridgehead atoms. The Labute approximate surface area is 86.5 Å². The molecule has 0 aliphatic heterocycles. The van der Waals surface area contributed by atoms with Crippen molar-refractivity contribution in [3.05, 3.63) is 41.6 Å². The van der Waals surface area contributed by atoms with Crippen LogP contribution in [-0.2, 0) is 0 Å². The molecule has 4 heteroatoms. The second-order valence-corrected chi connectivity index (χ2v) is 3.25. The molecule has 0 unspecified atom stereocenters. The zero-order chi connectivity index (χ0) is 9.97. The van der Waals surface area contributed by atoms with E-state index in [1.165, 1.54) is 0 Å². The highest BCUT2D eigenvalue weighted by Crippen LogP contribution is 2.19. The van der Waals surface area contributed by atoms with Crippen LogP contribution in [0.2, 0.25) is 5.15 Å². The molecule has 1 aromatic carbocycles. The van der Waals surface area contributed by atoms with Crippen LogP contribution in [0.4, 0.5) is 5.69 Å². The molecule has 0 atom stereocenters. The molecule has 14 heavy (non-hydrogen) atoms. The van der Waals surface area contributed by atoms with Crippen LogP contribution < -0.4 is 5.73 Å². The number of anilines is 1. The Bertz CT molecular complexity index is 439. The lowest BCUT2D eigenvalue weighted by atomic mass is 10.1. The number of hydrogen-bond acceptors (Lipinski definition) is 3. The van der Waals surface area contributed by atoms with E-state index < -0.39 is 0 Å². The van der Waals surface area contributed by atoms with E-state index in [9.17, 15) is 0 Å². The zero-order valence-corrected chi connectivity index (χ0v) is 8.07. The Morgan fingerprint density at radius 1 is 1.07 bits per heavy atom. The monoisotopic (exact) mass is 205 g/mol. The Hall–Kier alpha value is -1.61. The minimum absolute atomic E-state index is 0.387. The lowest BCUT2D eigenvalue weighted by Crippen LogP contribution is -1.89. The number of aromatic nitrogens is 2. The Morgan fingerprint density at radius 3 is 2.57 bits per heavy atom. The second-order valence-electron chi connectivity index (χ2n) is 2.87. The lowest BCUT2D eigenvalue weighted by Gasteiger charge is -2.00. The van der Waals surface area contributed by atoms with Crippen LogP contribution in [-0.4, -0.2) is 10.2 Å². The van der Waals surface area contributed by atoms with Crippen molar-refractivity contribution in [1.29, 1.82) is 0 Å². The van der Waals surface area contributed by atoms with Gasteiger partial charge in [0, 0.05) is 11.3 Å². The van der Waals surface area contributed by atoms with E-state index in [2.05, 4.69) is 10.2 Å². The molecule has 2 N–H and O–H groups in total. The predicted octanol–water partition coefficient (Wildman–Crippen LogP) is 2.38. The number of nitrogens with zero attached hydrogens (tertiary/aromatic N) is 2. The number of nitrogen functional groups attached to an aromatic ring is 1. The first-order chi connectivity index (χ1) is 6.75. The summed E-state index contributed by atoms with van der Waals surface area (Å²) in [4.78, 5) is 0. The number of benzene rings is 1. The smallest absolute Gasteiger partial charge is 0.151 e. The molecule has 3 nitrogen and oxygen atoms in total. The van der Waals surface area contributed by atoms with Gasteiger partial charge < -0.3 is 5.73 Å². The molecule has 1 heterocycles. The molecular formula is C10H8ClN3. The summed E-state index contributed by atoms with van der Waals surface area (Å²) < 4.78 is 0. The fourth-order valence-corrected chi connectivity index (χ4v) is 1.27. The normalized spacial score (nSPS) is 10.1. The second kappa shape index (κ2) is 3.64. The van der Waals surface area contributed by atoms with Gasteiger partial charge in [-0.2, -0.15) is 0 Å². The van der Waals surface area contributed by atoms with E-state index >= 15 is 0 Å². The molecule has 0 spiro atoms. The number of hydrogen-bond donors (Lipinski definition) is 1. The molecule has 0 aliphatic rings. The van der Waals surface area contributed by atoms with E-state index in [0.717, 1.165) is 11.3 Å². The third-order valence-electron chi connectivity index (χ3n) is 1.81. The highest BCUT2D eigenvalue weighted by molar-refractivity contribution is 6.29. The standard InChI is InChI=1S/C10H8ClN3/c11-10-5-4-9(13-14-10)7-2-1-3-8(12)6-7/h1-6H,12H2. The zero-order valence-electron chi connectivity index (χ0n) is 7.31. The molecular weight excluding hydrogens is 198 g/mol. The van der Waals surface area contributed by atoms with Crippen LogP contribution in [0.15, 0.2) is 36.4 Å². The van der Waals surface area contributed by atoms with Gasteiger partial charge in [-0.3, -0.25) is 0 Å². The summed E-state index contributed by atoms with van der Waals surface area (Å²) in [5, 5.41) is 8.10. The fraction of sp³-hybridized carbons (Fsp3) is 0. The lowest BCUT2D eigenvalue weighted by molar-refractivity contribution is 1.04. The van der Waals surface area contributed by atoms with E-state index in [1.807, 2.05) is 30.3 Å². The van der Waals surface area contributed by atoms with Gasteiger partial charge in [0.25, 0.3) is 0 Å². The molecule has 0 amide bonds. The summed E-state index contributed by atoms with van der Waals surface area (Å²) in [6.45, 7) is 0. The average molecular weight is 206 g/mol. The van der Waals surface area contributed by atoms with Gasteiger partial charge in [0.05, 0.1) is 5.69 Å². The summed E-state index contributed by atoms with van der Waals surface area (Å²) in [5.41, 5.74) is 8.06. The predicted molar refractivity (Wildman–Crippen MR) is 56.9 cm³/mol. The molecule has 0 saturated carbocycles. The van der Waals surface area contributed by atoms with Crippen LogP contribution in [0.5, 0.6) is 0 Å². The van der Waals surface area contributed by atoms with Crippen LogP contribution in [0.25, 0.3) is 11.3 Å². The van der Waals surface area contributed by atoms with Gasteiger partial charge in [-0.1, -0.05) is 23.7 Å². The van der Waals surface area contributed by atoms with Crippen molar-refractivity contribution in [2.45, 2.75) is 0 Å². The van der Waals surface area contributed by atoms with E-state index in [-0.39, 0.29) is 0 Å². The van der Waals surface area contributed by atoms with Gasteiger partial charge in [0.1, 0.15) is 0 Å². The fourth-order valence-electron chi connectivity index (χ4n) is 1.17. The third-order valence-corrected chi connectivity index (χ3v) is 2.02. The van der Waals surface area contributed by atoms with Crippen molar-refractivity contribution in [3.8, 4) is 11.3 Å². The van der Waals surface area contributed by atoms with Crippen molar-refractivity contribution in [3.63, 3.8) is 0 Å². The van der Waals surface area contributed by atoms with Crippen LogP contribution in [0.3, 0.4) is 0 Å². The molecule has 70 valence electrons. The molecule has 2 aromatic rings. The van der Waals surface area contributed by atoms with Crippen LogP contribution in [0.1, 0.15) is 0 Å². The van der Waals surface area contributed by atoms with Crippen LogP contribution >= 0.6 is 11.6 Å². The number of halogens is 1. The van der Waals surface area contributed by atoms with Gasteiger partial charge in [-0.05, 0) is 24.3 Å². The first-order valence-corrected chi connectivity index (χ1v) is 4.48. The molecule has 2 rings (SSSR count). The van der Waals surface area contributed by atoms with Crippen LogP contribution in [0, 0.1) is 0 Å². The third kappa shape index (κ3) is 1.83. The van der Waals surface area contributed by atoms with Gasteiger partial charge >= 0.3 is 0 Å². The highest BCUT2D eigenvalue weighted by atomic mass is 35.5. The first-order valence-electron chi connectivity index (χ1n) is 4.11. The summed E-state index contributed by atoms with van der Waals surface area (Å²) >= 11 is 5.63. The van der Waals surface area contributed by atoms with Crippen molar-refractivity contribution >= 4 is 17.3 Å². The van der Waals surface area contributed by atoms with Crippen molar-refractivity contribution in [2.75, 3.05) is 5.73 Å². The largest absolute Gasteiger partial charge is 0.399 e. The van der Waals surface area contributed by atoms with Gasteiger partial charge in [-0.25, -0.2) is 0 Å². The quantitative estimate of drug-likeness (QED) is 0.728. The van der Waals surface area contributed by atoms with Crippen molar-refractivity contribution < 1.29 is 0 Å². The van der Waals surface area contributed by atoms with E-state index in [1.54, 1.807) is 6.07 Å². The molecule has 0 saturated heterocycles. The highest BCUT2D eigenvalue weighted by Gasteiger charge is 1.99. The topological polar surface area (TPSA) is 51.8 Å². The van der Waals surface area contributed by atoms with Crippen molar-refractivity contribution in [2.24, 2.45) is 0 Å². The Kier molecular flexibility index (Phi) is 2.33. The van der Waals surface area contributed by atoms with Gasteiger partial charge in [-0.15, -0.1) is 10.2 Å². The number of nitrogens with two attached hydrogens (primary N) is 1. The maximum absolute atomic E-state index is 5.65. The minimum atomic E-state index is 0.387. The average Bonchev–Trinajstić information content (AvgIpc) is 2.19. The summed E-state index contributed by atoms with van der Waals surface area (Å²) in [5.74, 6) is 0. The van der Waals surface area contributed by atoms with Gasteiger partial charge in [0.15, 0.2) is 5.15 Å². The summed E-state index contributed by atoms with van der Waals surface area (Å²) in [6, 6.07) is 11.0. The maximum atomic E-state index is 5.65. The first kappa shape index (κ1) is 8.97. The van der Waals surface area contributed by atoms with Gasteiger partial charge in [0.2, 0.25) is 0 Å². The summed E-state index contributed by atoms with van der Waals surface area (Å²) in [6.07, 6.45) is 0. The van der Waals surface area contributed by atoms with E-state index in [0.29, 0.717) is 10.8 Å². The molecule has 0 fully saturated rings. The summed E-state index contributed by atoms with van der Waals surface area (Å²) in [7, 11) is 0. The SMILES string of the molecule is Nc1cccc(-c2ccc(Cl)nn2)c1. The van der Waals surface area contributed by atoms with E-state index in [4.69, 9.17) is 17.3 Å². The molecule has 0 aliphatic carbocycles. The number of rotatable bonds is 1. The maximum Gasteiger partial charge on any atom is 0.151 e.